The van der Waals surface area contributed by atoms with E-state index >= 15 is 0 Å². The van der Waals surface area contributed by atoms with Gasteiger partial charge in [-0.05, 0) is 32.4 Å². The first-order valence-electron chi connectivity index (χ1n) is 8.54. The molecule has 2 N–H and O–H groups in total. The SMILES string of the molecule is CC(=O)N1CCNC[C@@H]1C(=O)NC(C)(C)c1ncc2c(C)cccn12. The van der Waals surface area contributed by atoms with Crippen molar-refractivity contribution in [1.82, 2.24) is 24.9 Å². The van der Waals surface area contributed by atoms with Crippen molar-refractivity contribution < 1.29 is 9.59 Å². The van der Waals surface area contributed by atoms with E-state index in [-0.39, 0.29) is 11.8 Å². The highest BCUT2D eigenvalue weighted by atomic mass is 16.2. The third kappa shape index (κ3) is 3.24. The largest absolute Gasteiger partial charge is 0.342 e. The molecule has 3 heterocycles. The van der Waals surface area contributed by atoms with Gasteiger partial charge in [0, 0.05) is 32.8 Å². The van der Waals surface area contributed by atoms with Gasteiger partial charge in [0.05, 0.1) is 17.3 Å². The molecule has 1 aliphatic rings. The average Bonchev–Trinajstić information content (AvgIpc) is 3.01. The Hall–Kier alpha value is -2.41. The quantitative estimate of drug-likeness (QED) is 0.865. The zero-order valence-electron chi connectivity index (χ0n) is 15.2. The van der Waals surface area contributed by atoms with Crippen LogP contribution in [0.3, 0.4) is 0 Å². The second kappa shape index (κ2) is 6.48. The highest BCUT2D eigenvalue weighted by Crippen LogP contribution is 2.22. The Kier molecular flexibility index (Phi) is 4.51. The number of rotatable bonds is 3. The molecule has 0 saturated carbocycles. The summed E-state index contributed by atoms with van der Waals surface area (Å²) >= 11 is 0. The van der Waals surface area contributed by atoms with Crippen LogP contribution >= 0.6 is 0 Å². The van der Waals surface area contributed by atoms with E-state index in [0.29, 0.717) is 19.6 Å². The summed E-state index contributed by atoms with van der Waals surface area (Å²) in [5, 5.41) is 6.25. The second-order valence-electron chi connectivity index (χ2n) is 7.07. The van der Waals surface area contributed by atoms with Crippen molar-refractivity contribution in [2.45, 2.75) is 39.3 Å². The molecule has 0 bridgehead atoms. The Morgan fingerprint density at radius 3 is 2.88 bits per heavy atom. The van der Waals surface area contributed by atoms with Gasteiger partial charge in [-0.25, -0.2) is 4.98 Å². The van der Waals surface area contributed by atoms with Gasteiger partial charge < -0.3 is 19.9 Å². The Balaban J connectivity index is 1.86. The number of piperazine rings is 1. The summed E-state index contributed by atoms with van der Waals surface area (Å²) in [5.74, 6) is 0.510. The van der Waals surface area contributed by atoms with Gasteiger partial charge in [-0.3, -0.25) is 9.59 Å². The number of nitrogens with zero attached hydrogens (tertiary/aromatic N) is 3. The number of imidazole rings is 1. The first-order valence-corrected chi connectivity index (χ1v) is 8.54. The predicted octanol–water partition coefficient (Wildman–Crippen LogP) is 0.814. The minimum atomic E-state index is -0.669. The lowest BCUT2D eigenvalue weighted by Crippen LogP contribution is -2.61. The lowest BCUT2D eigenvalue weighted by Gasteiger charge is -2.36. The van der Waals surface area contributed by atoms with Gasteiger partial charge in [0.15, 0.2) is 0 Å². The number of nitrogens with one attached hydrogen (secondary N) is 2. The maximum Gasteiger partial charge on any atom is 0.244 e. The number of fused-ring (bicyclic) bond motifs is 1. The van der Waals surface area contributed by atoms with E-state index in [4.69, 9.17) is 0 Å². The molecule has 134 valence electrons. The zero-order chi connectivity index (χ0) is 18.2. The van der Waals surface area contributed by atoms with E-state index in [0.717, 1.165) is 16.9 Å². The minimum absolute atomic E-state index is 0.0821. The number of aryl methyl sites for hydroxylation is 1. The van der Waals surface area contributed by atoms with Crippen LogP contribution in [0.1, 0.15) is 32.2 Å². The molecule has 7 nitrogen and oxygen atoms in total. The Morgan fingerprint density at radius 2 is 2.16 bits per heavy atom. The fourth-order valence-electron chi connectivity index (χ4n) is 3.39. The van der Waals surface area contributed by atoms with Crippen LogP contribution in [0.4, 0.5) is 0 Å². The molecule has 2 amide bonds. The number of hydrogen-bond acceptors (Lipinski definition) is 4. The molecule has 1 saturated heterocycles. The van der Waals surface area contributed by atoms with Crippen LogP contribution in [0.15, 0.2) is 24.5 Å². The van der Waals surface area contributed by atoms with Crippen LogP contribution in [0, 0.1) is 6.92 Å². The van der Waals surface area contributed by atoms with E-state index in [1.807, 2.05) is 49.7 Å². The molecule has 0 radical (unpaired) electrons. The maximum absolute atomic E-state index is 12.8. The van der Waals surface area contributed by atoms with Gasteiger partial charge in [-0.1, -0.05) is 6.07 Å². The summed E-state index contributed by atoms with van der Waals surface area (Å²) in [6, 6.07) is 3.50. The number of amides is 2. The van der Waals surface area contributed by atoms with Crippen molar-refractivity contribution in [1.29, 1.82) is 0 Å². The van der Waals surface area contributed by atoms with Crippen LogP contribution in [0.25, 0.3) is 5.52 Å². The summed E-state index contributed by atoms with van der Waals surface area (Å²) in [6.45, 7) is 9.10. The number of carbonyl (C=O) groups excluding carboxylic acids is 2. The topological polar surface area (TPSA) is 78.7 Å². The van der Waals surface area contributed by atoms with Gasteiger partial charge in [-0.2, -0.15) is 0 Å². The van der Waals surface area contributed by atoms with Crippen LogP contribution < -0.4 is 10.6 Å². The number of aromatic nitrogens is 2. The maximum atomic E-state index is 12.8. The van der Waals surface area contributed by atoms with E-state index in [1.165, 1.54) is 6.92 Å². The molecule has 25 heavy (non-hydrogen) atoms. The second-order valence-corrected chi connectivity index (χ2v) is 7.07. The summed E-state index contributed by atoms with van der Waals surface area (Å²) in [6.07, 6.45) is 3.77. The third-order valence-corrected chi connectivity index (χ3v) is 4.73. The van der Waals surface area contributed by atoms with Crippen LogP contribution in [0.5, 0.6) is 0 Å². The molecule has 7 heteroatoms. The molecule has 1 fully saturated rings. The Morgan fingerprint density at radius 1 is 1.40 bits per heavy atom. The Labute approximate surface area is 147 Å². The van der Waals surface area contributed by atoms with Gasteiger partial charge in [0.25, 0.3) is 0 Å². The number of hydrogen-bond donors (Lipinski definition) is 2. The van der Waals surface area contributed by atoms with Crippen LogP contribution in [-0.2, 0) is 15.1 Å². The van der Waals surface area contributed by atoms with E-state index in [9.17, 15) is 9.59 Å². The van der Waals surface area contributed by atoms with Crippen molar-refractivity contribution in [3.63, 3.8) is 0 Å². The standard InChI is InChI=1S/C18H25N5O2/c1-12-6-5-8-23-14(12)11-20-17(23)18(3,4)21-16(25)15-10-19-7-9-22(15)13(2)24/h5-6,8,11,15,19H,7,9-10H2,1-4H3,(H,21,25)/t15-/m1/s1. The summed E-state index contributed by atoms with van der Waals surface area (Å²) in [7, 11) is 0. The number of carbonyl (C=O) groups is 2. The molecule has 0 spiro atoms. The minimum Gasteiger partial charge on any atom is -0.342 e. The first-order chi connectivity index (χ1) is 11.8. The van der Waals surface area contributed by atoms with Gasteiger partial charge in [0.2, 0.25) is 11.8 Å². The van der Waals surface area contributed by atoms with Crippen molar-refractivity contribution in [2.75, 3.05) is 19.6 Å². The lowest BCUT2D eigenvalue weighted by atomic mass is 10.0. The van der Waals surface area contributed by atoms with Gasteiger partial charge in [0.1, 0.15) is 11.9 Å². The highest BCUT2D eigenvalue weighted by Gasteiger charge is 2.35. The van der Waals surface area contributed by atoms with Crippen LogP contribution in [-0.4, -0.2) is 51.8 Å². The average molecular weight is 343 g/mol. The summed E-state index contributed by atoms with van der Waals surface area (Å²) < 4.78 is 2.00. The highest BCUT2D eigenvalue weighted by molar-refractivity contribution is 5.87. The van der Waals surface area contributed by atoms with Gasteiger partial charge in [-0.15, -0.1) is 0 Å². The molecule has 2 aromatic rings. The molecule has 0 aliphatic carbocycles. The van der Waals surface area contributed by atoms with Crippen LogP contribution in [0.2, 0.25) is 0 Å². The molecular formula is C18H25N5O2. The summed E-state index contributed by atoms with van der Waals surface area (Å²) in [5.41, 5.74) is 1.48. The fraction of sp³-hybridized carbons (Fsp3) is 0.500. The molecule has 1 aliphatic heterocycles. The third-order valence-electron chi connectivity index (χ3n) is 4.73. The molecule has 0 aromatic carbocycles. The molecule has 1 atom stereocenters. The van der Waals surface area contributed by atoms with Crippen molar-refractivity contribution in [3.05, 3.63) is 35.9 Å². The van der Waals surface area contributed by atoms with E-state index in [2.05, 4.69) is 15.6 Å². The predicted molar refractivity (Wildman–Crippen MR) is 95.1 cm³/mol. The van der Waals surface area contributed by atoms with E-state index < -0.39 is 11.6 Å². The Bertz CT molecular complexity index is 811. The normalized spacial score (nSPS) is 18.4. The molecular weight excluding hydrogens is 318 g/mol. The van der Waals surface area contributed by atoms with Crippen molar-refractivity contribution in [2.24, 2.45) is 0 Å². The molecule has 0 unspecified atom stereocenters. The monoisotopic (exact) mass is 343 g/mol. The molecule has 3 rings (SSSR count). The lowest BCUT2D eigenvalue weighted by molar-refractivity contribution is -0.140. The fourth-order valence-corrected chi connectivity index (χ4v) is 3.39. The van der Waals surface area contributed by atoms with Crippen molar-refractivity contribution in [3.8, 4) is 0 Å². The first kappa shape index (κ1) is 17.4. The number of pyridine rings is 1. The van der Waals surface area contributed by atoms with Crippen molar-refractivity contribution >= 4 is 17.3 Å². The zero-order valence-corrected chi connectivity index (χ0v) is 15.2. The van der Waals surface area contributed by atoms with Gasteiger partial charge >= 0.3 is 0 Å². The van der Waals surface area contributed by atoms with E-state index in [1.54, 1.807) is 4.90 Å². The summed E-state index contributed by atoms with van der Waals surface area (Å²) in [4.78, 5) is 30.8. The smallest absolute Gasteiger partial charge is 0.244 e. The molecule has 2 aromatic heterocycles.